The highest BCUT2D eigenvalue weighted by Gasteiger charge is 2.32. The normalized spacial score (nSPS) is 11.6. The first-order chi connectivity index (χ1) is 32.8. The second-order valence-electron chi connectivity index (χ2n) is 15.8. The summed E-state index contributed by atoms with van der Waals surface area (Å²) in [5.41, 5.74) is 13.0. The largest absolute Gasteiger partial charge is 0.306 e. The summed E-state index contributed by atoms with van der Waals surface area (Å²) in [7, 11) is 0. The fourth-order valence-electron chi connectivity index (χ4n) is 9.07. The summed E-state index contributed by atoms with van der Waals surface area (Å²) < 4.78 is 8.57. The fourth-order valence-corrected chi connectivity index (χ4v) is 9.07. The summed E-state index contributed by atoms with van der Waals surface area (Å²) in [5.74, 6) is 2.82. The SMILES string of the molecule is c1ccc(-n2c(-c3cc(-c4nc5cccnc5n4-c4ccccc4)c(-c4[nH]c5cccnc5[n+]4-c4ccccc4)cc3-c3nc4cccnc4n3-c3ccccc3)nc3cccnc32)cc1. The predicted molar refractivity (Wildman–Crippen MR) is 257 cm³/mol. The molecule has 310 valence electrons. The Balaban J connectivity index is 1.24. The Morgan fingerprint density at radius 1 is 0.364 bits per heavy atom. The third kappa shape index (κ3) is 5.93. The molecule has 0 atom stereocenters. The smallest absolute Gasteiger partial charge is 0.277 e. The van der Waals surface area contributed by atoms with Crippen molar-refractivity contribution in [3.05, 3.63) is 207 Å². The molecule has 12 heteroatoms. The molecule has 0 saturated heterocycles. The van der Waals surface area contributed by atoms with Crippen molar-refractivity contribution in [1.29, 1.82) is 0 Å². The Bertz CT molecular complexity index is 3420. The standard InChI is InChI=1S/C54H34N12/c1-5-17-35(18-6-1)63-47(59-43-25-13-29-55-51(43)63)39-33-41(49-61-45-27-15-31-57-53(45)65(49)37-21-9-3-10-22-37)42(50-62-46-28-16-32-58-54(46)66(50)38-23-11-4-12-24-38)34-40(39)48-60-44-26-14-30-56-52(44)64(48)36-19-7-2-8-20-36/h1-34H/p+1. The highest BCUT2D eigenvalue weighted by Crippen LogP contribution is 2.44. The molecule has 0 aliphatic rings. The number of para-hydroxylation sites is 4. The van der Waals surface area contributed by atoms with Crippen LogP contribution in [0.2, 0.25) is 0 Å². The Labute approximate surface area is 376 Å². The minimum atomic E-state index is 0.673. The zero-order chi connectivity index (χ0) is 43.6. The molecule has 1 N–H and O–H groups in total. The van der Waals surface area contributed by atoms with E-state index in [9.17, 15) is 0 Å². The molecule has 8 aromatic heterocycles. The molecule has 12 nitrogen and oxygen atoms in total. The van der Waals surface area contributed by atoms with Crippen molar-refractivity contribution in [2.24, 2.45) is 0 Å². The summed E-state index contributed by atoms with van der Waals surface area (Å²) in [6, 6.07) is 61.3. The molecule has 0 aliphatic heterocycles. The quantitative estimate of drug-likeness (QED) is 0.151. The van der Waals surface area contributed by atoms with Gasteiger partial charge in [0.05, 0.1) is 5.56 Å². The van der Waals surface area contributed by atoms with Crippen LogP contribution in [-0.2, 0) is 0 Å². The van der Waals surface area contributed by atoms with E-state index in [1.165, 1.54) is 0 Å². The number of hydrogen-bond acceptors (Lipinski definition) is 7. The van der Waals surface area contributed by atoms with Crippen LogP contribution in [0.5, 0.6) is 0 Å². The van der Waals surface area contributed by atoms with Crippen LogP contribution >= 0.6 is 0 Å². The maximum atomic E-state index is 5.45. The van der Waals surface area contributed by atoms with Gasteiger partial charge in [-0.25, -0.2) is 29.9 Å². The lowest BCUT2D eigenvalue weighted by Crippen LogP contribution is -2.32. The van der Waals surface area contributed by atoms with Gasteiger partial charge >= 0.3 is 5.65 Å². The maximum Gasteiger partial charge on any atom is 0.306 e. The van der Waals surface area contributed by atoms with Gasteiger partial charge < -0.3 is 0 Å². The summed E-state index contributed by atoms with van der Waals surface area (Å²) in [6.07, 6.45) is 7.26. The van der Waals surface area contributed by atoms with E-state index in [4.69, 9.17) is 34.9 Å². The van der Waals surface area contributed by atoms with Gasteiger partial charge in [0, 0.05) is 52.3 Å². The van der Waals surface area contributed by atoms with Crippen molar-refractivity contribution in [2.45, 2.75) is 0 Å². The van der Waals surface area contributed by atoms with Gasteiger partial charge in [-0.3, -0.25) is 18.7 Å². The lowest BCUT2D eigenvalue weighted by Gasteiger charge is -2.18. The predicted octanol–water partition coefficient (Wildman–Crippen LogP) is 10.7. The third-order valence-electron chi connectivity index (χ3n) is 11.9. The van der Waals surface area contributed by atoms with Crippen LogP contribution in [0, 0.1) is 0 Å². The van der Waals surface area contributed by atoms with Crippen molar-refractivity contribution in [3.8, 4) is 68.3 Å². The number of aromatic amines is 1. The molecule has 13 aromatic rings. The highest BCUT2D eigenvalue weighted by molar-refractivity contribution is 5.96. The number of nitrogens with zero attached hydrogens (tertiary/aromatic N) is 11. The number of rotatable bonds is 8. The topological polar surface area (TPSA) is 125 Å². The van der Waals surface area contributed by atoms with Gasteiger partial charge in [0.2, 0.25) is 5.82 Å². The number of benzene rings is 5. The molecule has 0 fully saturated rings. The van der Waals surface area contributed by atoms with Crippen LogP contribution in [0.3, 0.4) is 0 Å². The minimum absolute atomic E-state index is 0.673. The van der Waals surface area contributed by atoms with E-state index in [1.807, 2.05) is 140 Å². The second-order valence-corrected chi connectivity index (χ2v) is 15.8. The van der Waals surface area contributed by atoms with Crippen LogP contribution < -0.4 is 4.57 Å². The molecular formula is C54H35N12+. The number of H-pyrrole nitrogens is 1. The van der Waals surface area contributed by atoms with E-state index in [1.54, 1.807) is 0 Å². The van der Waals surface area contributed by atoms with Crippen molar-refractivity contribution >= 4 is 44.7 Å². The number of hydrogen-bond donors (Lipinski definition) is 1. The third-order valence-corrected chi connectivity index (χ3v) is 11.9. The average molecular weight is 852 g/mol. The van der Waals surface area contributed by atoms with Gasteiger partial charge in [-0.15, -0.1) is 4.98 Å². The van der Waals surface area contributed by atoms with Crippen molar-refractivity contribution < 1.29 is 4.57 Å². The number of pyridine rings is 4. The zero-order valence-corrected chi connectivity index (χ0v) is 35.0. The number of aromatic nitrogens is 12. The number of fused-ring (bicyclic) bond motifs is 4. The fraction of sp³-hybridized carbons (Fsp3) is 0. The molecular weight excluding hydrogens is 817 g/mol. The van der Waals surface area contributed by atoms with Crippen LogP contribution in [0.15, 0.2) is 207 Å². The van der Waals surface area contributed by atoms with Crippen LogP contribution in [0.4, 0.5) is 0 Å². The number of imidazole rings is 4. The molecule has 5 aromatic carbocycles. The van der Waals surface area contributed by atoms with Gasteiger partial charge in [-0.1, -0.05) is 72.8 Å². The van der Waals surface area contributed by atoms with Gasteiger partial charge in [0.15, 0.2) is 22.5 Å². The molecule has 0 aliphatic carbocycles. The molecule has 13 rings (SSSR count). The van der Waals surface area contributed by atoms with E-state index in [-0.39, 0.29) is 0 Å². The summed E-state index contributed by atoms with van der Waals surface area (Å²) in [6.45, 7) is 0. The molecule has 0 amide bonds. The highest BCUT2D eigenvalue weighted by atomic mass is 15.2. The van der Waals surface area contributed by atoms with E-state index in [0.717, 1.165) is 95.5 Å². The summed E-state index contributed by atoms with van der Waals surface area (Å²) in [5, 5.41) is 0. The van der Waals surface area contributed by atoms with E-state index in [2.05, 4.69) is 90.0 Å². The Morgan fingerprint density at radius 3 is 1.20 bits per heavy atom. The Kier molecular flexibility index (Phi) is 8.52. The molecule has 0 spiro atoms. The van der Waals surface area contributed by atoms with Crippen molar-refractivity contribution in [1.82, 2.24) is 53.6 Å². The average Bonchev–Trinajstić information content (AvgIpc) is 4.17. The molecule has 66 heavy (non-hydrogen) atoms. The van der Waals surface area contributed by atoms with Crippen LogP contribution in [0.1, 0.15) is 0 Å². The Morgan fingerprint density at radius 2 is 0.742 bits per heavy atom. The van der Waals surface area contributed by atoms with Gasteiger partial charge in [-0.2, -0.15) is 4.57 Å². The van der Waals surface area contributed by atoms with E-state index >= 15 is 0 Å². The summed E-state index contributed by atoms with van der Waals surface area (Å²) in [4.78, 5) is 39.9. The Hall–Kier alpha value is -9.42. The number of nitrogens with one attached hydrogen (secondary N) is 1. The van der Waals surface area contributed by atoms with E-state index < -0.39 is 0 Å². The monoisotopic (exact) mass is 851 g/mol. The first-order valence-corrected chi connectivity index (χ1v) is 21.6. The summed E-state index contributed by atoms with van der Waals surface area (Å²) >= 11 is 0. The molecule has 0 radical (unpaired) electrons. The maximum absolute atomic E-state index is 5.45. The lowest BCUT2D eigenvalue weighted by molar-refractivity contribution is -0.556. The van der Waals surface area contributed by atoms with Gasteiger partial charge in [0.25, 0.3) is 0 Å². The molecule has 0 unspecified atom stereocenters. The lowest BCUT2D eigenvalue weighted by atomic mass is 9.95. The van der Waals surface area contributed by atoms with Crippen molar-refractivity contribution in [2.75, 3.05) is 0 Å². The van der Waals surface area contributed by atoms with Crippen LogP contribution in [0.25, 0.3) is 113 Å². The molecule has 0 saturated carbocycles. The second kappa shape index (κ2) is 15.1. The molecule has 8 heterocycles. The van der Waals surface area contributed by atoms with Crippen molar-refractivity contribution in [3.63, 3.8) is 0 Å². The van der Waals surface area contributed by atoms with Crippen LogP contribution in [-0.4, -0.2) is 53.6 Å². The molecule has 0 bridgehead atoms. The van der Waals surface area contributed by atoms with Gasteiger partial charge in [0.1, 0.15) is 45.9 Å². The van der Waals surface area contributed by atoms with E-state index in [0.29, 0.717) is 17.5 Å². The minimum Gasteiger partial charge on any atom is -0.277 e. The first kappa shape index (κ1) is 37.2. The first-order valence-electron chi connectivity index (χ1n) is 21.6. The zero-order valence-electron chi connectivity index (χ0n) is 35.0. The van der Waals surface area contributed by atoms with Gasteiger partial charge in [-0.05, 0) is 109 Å².